The normalized spacial score (nSPS) is 17.2. The van der Waals surface area contributed by atoms with E-state index in [2.05, 4.69) is 0 Å². The van der Waals surface area contributed by atoms with Gasteiger partial charge in [-0.25, -0.2) is 0 Å². The lowest BCUT2D eigenvalue weighted by molar-refractivity contribution is -0.385. The van der Waals surface area contributed by atoms with Crippen LogP contribution in [0.4, 0.5) is 5.69 Å². The number of benzene rings is 2. The van der Waals surface area contributed by atoms with Crippen molar-refractivity contribution in [3.8, 4) is 11.5 Å². The number of non-ortho nitro benzene ring substituents is 1. The number of nitro benzene ring substituents is 1. The lowest BCUT2D eigenvalue weighted by atomic mass is 9.96. The Kier molecular flexibility index (Phi) is 3.14. The minimum Gasteiger partial charge on any atom is -0.451 e. The third-order valence-electron chi connectivity index (χ3n) is 4.54. The summed E-state index contributed by atoms with van der Waals surface area (Å²) in [5.74, 6) is 1.09. The molecule has 0 fully saturated rings. The summed E-state index contributed by atoms with van der Waals surface area (Å²) in [6.07, 6.45) is 1.61. The highest BCUT2D eigenvalue weighted by Gasteiger charge is 2.32. The van der Waals surface area contributed by atoms with E-state index in [1.165, 1.54) is 23.5 Å². The number of nitrogens with zero attached hydrogens (tertiary/aromatic N) is 1. The molecule has 0 N–H and O–H groups in total. The van der Waals surface area contributed by atoms with Gasteiger partial charge in [-0.1, -0.05) is 23.5 Å². The number of hydrogen-bond donors (Lipinski definition) is 0. The van der Waals surface area contributed by atoms with Gasteiger partial charge < -0.3 is 9.47 Å². The summed E-state index contributed by atoms with van der Waals surface area (Å²) in [5, 5.41) is 11.9. The number of ether oxygens (including phenoxy) is 2. The van der Waals surface area contributed by atoms with Crippen LogP contribution in [0.5, 0.6) is 11.5 Å². The van der Waals surface area contributed by atoms with E-state index in [4.69, 9.17) is 9.47 Å². The molecule has 128 valence electrons. The van der Waals surface area contributed by atoms with E-state index >= 15 is 0 Å². The van der Waals surface area contributed by atoms with E-state index in [-0.39, 0.29) is 10.4 Å². The van der Waals surface area contributed by atoms with E-state index in [9.17, 15) is 14.9 Å². The number of rotatable bonds is 1. The van der Waals surface area contributed by atoms with Crippen LogP contribution in [0.1, 0.15) is 11.1 Å². The molecule has 3 heterocycles. The van der Waals surface area contributed by atoms with Gasteiger partial charge in [0.25, 0.3) is 12.0 Å². The summed E-state index contributed by atoms with van der Waals surface area (Å²) in [6.45, 7) is 0. The molecule has 1 atom stereocenters. The fourth-order valence-corrected chi connectivity index (χ4v) is 4.20. The molecule has 2 aliphatic heterocycles. The summed E-state index contributed by atoms with van der Waals surface area (Å²) in [6, 6.07) is 12.1. The molecule has 3 aromatic rings. The van der Waals surface area contributed by atoms with Crippen LogP contribution in [-0.4, -0.2) is 11.2 Å². The molecule has 0 aliphatic carbocycles. The monoisotopic (exact) mass is 365 g/mol. The molecule has 1 unspecified atom stereocenters. The van der Waals surface area contributed by atoms with Crippen LogP contribution in [0.15, 0.2) is 52.8 Å². The van der Waals surface area contributed by atoms with Crippen molar-refractivity contribution in [1.29, 1.82) is 0 Å². The van der Waals surface area contributed by atoms with Gasteiger partial charge in [0.05, 0.1) is 10.5 Å². The first-order valence-corrected chi connectivity index (χ1v) is 8.79. The number of nitro groups is 1. The first-order chi connectivity index (χ1) is 12.6. The van der Waals surface area contributed by atoms with E-state index in [1.807, 2.05) is 24.3 Å². The molecule has 2 aliphatic rings. The van der Waals surface area contributed by atoms with Gasteiger partial charge in [-0.15, -0.1) is 0 Å². The van der Waals surface area contributed by atoms with Gasteiger partial charge >= 0.3 is 0 Å². The largest absolute Gasteiger partial charge is 0.451 e. The standard InChI is InChI=1S/C19H11NO5S/c21-18-14-9-11-7-10-8-12(20(22)23)5-6-15(10)24-19(11)25-17(14)13-3-1-2-4-16(13)26-18/h1-6,8-9,19H,7H2. The second kappa shape index (κ2) is 5.40. The zero-order valence-corrected chi connectivity index (χ0v) is 14.1. The van der Waals surface area contributed by atoms with Gasteiger partial charge in [0.1, 0.15) is 11.5 Å². The number of fused-ring (bicyclic) bond motifs is 5. The molecular formula is C19H11NO5S. The summed E-state index contributed by atoms with van der Waals surface area (Å²) < 4.78 is 12.7. The zero-order chi connectivity index (χ0) is 17.8. The average Bonchev–Trinajstić information content (AvgIpc) is 2.65. The summed E-state index contributed by atoms with van der Waals surface area (Å²) in [4.78, 5) is 23.1. The van der Waals surface area contributed by atoms with E-state index in [0.29, 0.717) is 29.0 Å². The van der Waals surface area contributed by atoms with Crippen LogP contribution in [0, 0.1) is 10.1 Å². The average molecular weight is 365 g/mol. The zero-order valence-electron chi connectivity index (χ0n) is 13.3. The van der Waals surface area contributed by atoms with Gasteiger partial charge in [0.15, 0.2) is 0 Å². The Morgan fingerprint density at radius 3 is 2.85 bits per heavy atom. The third-order valence-corrected chi connectivity index (χ3v) is 5.52. The third kappa shape index (κ3) is 2.21. The first-order valence-electron chi connectivity index (χ1n) is 7.97. The summed E-state index contributed by atoms with van der Waals surface area (Å²) >= 11 is 1.18. The molecule has 0 saturated heterocycles. The summed E-state index contributed by atoms with van der Waals surface area (Å²) in [7, 11) is 0. The predicted molar refractivity (Wildman–Crippen MR) is 97.9 cm³/mol. The summed E-state index contributed by atoms with van der Waals surface area (Å²) in [5.41, 5.74) is 2.02. The molecular weight excluding hydrogens is 354 g/mol. The van der Waals surface area contributed by atoms with Gasteiger partial charge in [0.2, 0.25) is 4.74 Å². The minimum atomic E-state index is -0.633. The maximum Gasteiger partial charge on any atom is 0.269 e. The lowest BCUT2D eigenvalue weighted by Crippen LogP contribution is -2.34. The van der Waals surface area contributed by atoms with E-state index in [1.54, 1.807) is 12.1 Å². The fourth-order valence-electron chi connectivity index (χ4n) is 3.33. The molecule has 0 amide bonds. The molecule has 5 rings (SSSR count). The Bertz CT molecular complexity index is 1180. The van der Waals surface area contributed by atoms with Crippen molar-refractivity contribution in [1.82, 2.24) is 0 Å². The number of hydrogen-bond acceptors (Lipinski definition) is 6. The molecule has 0 radical (unpaired) electrons. The van der Waals surface area contributed by atoms with Gasteiger partial charge in [-0.2, -0.15) is 0 Å². The second-order valence-corrected chi connectivity index (χ2v) is 7.16. The van der Waals surface area contributed by atoms with Gasteiger partial charge in [-0.3, -0.25) is 14.9 Å². The molecule has 1 aromatic heterocycles. The predicted octanol–water partition coefficient (Wildman–Crippen LogP) is 3.91. The molecule has 0 bridgehead atoms. The van der Waals surface area contributed by atoms with Crippen molar-refractivity contribution in [3.05, 3.63) is 78.8 Å². The maximum atomic E-state index is 12.5. The highest BCUT2D eigenvalue weighted by molar-refractivity contribution is 7.16. The highest BCUT2D eigenvalue weighted by Crippen LogP contribution is 2.41. The molecule has 7 heteroatoms. The van der Waals surface area contributed by atoms with Gasteiger partial charge in [0, 0.05) is 39.8 Å². The van der Waals surface area contributed by atoms with Crippen molar-refractivity contribution >= 4 is 33.2 Å². The Hall–Kier alpha value is -3.19. The van der Waals surface area contributed by atoms with E-state index < -0.39 is 11.2 Å². The Balaban J connectivity index is 1.65. The SMILES string of the molecule is O=c1sc2ccccc2c2c1C=C1Cc3cc([N+](=O)[O-])ccc3OC1O2. The quantitative estimate of drug-likeness (QED) is 0.483. The smallest absolute Gasteiger partial charge is 0.269 e. The van der Waals surface area contributed by atoms with Crippen molar-refractivity contribution in [3.63, 3.8) is 0 Å². The van der Waals surface area contributed by atoms with Crippen LogP contribution < -0.4 is 14.2 Å². The fraction of sp³-hybridized carbons (Fsp3) is 0.105. The maximum absolute atomic E-state index is 12.5. The van der Waals surface area contributed by atoms with Crippen molar-refractivity contribution < 1.29 is 14.4 Å². The topological polar surface area (TPSA) is 78.7 Å². The van der Waals surface area contributed by atoms with Crippen LogP contribution in [-0.2, 0) is 6.42 Å². The van der Waals surface area contributed by atoms with Crippen LogP contribution in [0.25, 0.3) is 16.2 Å². The first kappa shape index (κ1) is 15.1. The lowest BCUT2D eigenvalue weighted by Gasteiger charge is -2.32. The Labute approximate surface area is 151 Å². The van der Waals surface area contributed by atoms with Crippen molar-refractivity contribution in [2.75, 3.05) is 0 Å². The minimum absolute atomic E-state index is 0.0151. The van der Waals surface area contributed by atoms with E-state index in [0.717, 1.165) is 15.7 Å². The molecule has 2 aromatic carbocycles. The van der Waals surface area contributed by atoms with Crippen molar-refractivity contribution in [2.45, 2.75) is 12.7 Å². The molecule has 0 saturated carbocycles. The van der Waals surface area contributed by atoms with Crippen LogP contribution in [0.2, 0.25) is 0 Å². The molecule has 6 nitrogen and oxygen atoms in total. The second-order valence-electron chi connectivity index (χ2n) is 6.14. The van der Waals surface area contributed by atoms with Crippen LogP contribution in [0.3, 0.4) is 0 Å². The van der Waals surface area contributed by atoms with Crippen LogP contribution >= 0.6 is 11.3 Å². The van der Waals surface area contributed by atoms with Crippen molar-refractivity contribution in [2.24, 2.45) is 0 Å². The highest BCUT2D eigenvalue weighted by atomic mass is 32.1. The Morgan fingerprint density at radius 1 is 1.15 bits per heavy atom. The molecule has 0 spiro atoms. The van der Waals surface area contributed by atoms with Gasteiger partial charge in [-0.05, 0) is 24.3 Å². The molecule has 26 heavy (non-hydrogen) atoms. The Morgan fingerprint density at radius 2 is 2.00 bits per heavy atom.